The summed E-state index contributed by atoms with van der Waals surface area (Å²) in [5.41, 5.74) is 0.770. The standard InChI is InChI=1S/C17H26O5Si2/c1-13(18)20-15-10-8-14(12-16(15)21-23(2,3)4)9-11-17(19)22-24(5,6)7/h8-12H,1-7H3/b11-9+. The zero-order valence-corrected chi connectivity index (χ0v) is 17.4. The van der Waals surface area contributed by atoms with Crippen LogP contribution < -0.4 is 9.16 Å². The van der Waals surface area contributed by atoms with E-state index in [-0.39, 0.29) is 5.97 Å². The summed E-state index contributed by atoms with van der Waals surface area (Å²) in [5.74, 6) is 0.125. The van der Waals surface area contributed by atoms with E-state index in [0.29, 0.717) is 11.5 Å². The molecule has 0 unspecified atom stereocenters. The minimum atomic E-state index is -1.91. The molecule has 0 heterocycles. The maximum absolute atomic E-state index is 11.8. The second kappa shape index (κ2) is 7.80. The van der Waals surface area contributed by atoms with Crippen molar-refractivity contribution in [3.63, 3.8) is 0 Å². The van der Waals surface area contributed by atoms with Gasteiger partial charge in [-0.1, -0.05) is 6.07 Å². The first kappa shape index (κ1) is 20.2. The van der Waals surface area contributed by atoms with Crippen LogP contribution in [0.1, 0.15) is 12.5 Å². The minimum Gasteiger partial charge on any atom is -0.542 e. The number of rotatable bonds is 6. The molecule has 1 aromatic carbocycles. The van der Waals surface area contributed by atoms with Crippen molar-refractivity contribution in [2.24, 2.45) is 0 Å². The first-order chi connectivity index (χ1) is 10.9. The molecule has 0 spiro atoms. The van der Waals surface area contributed by atoms with Crippen LogP contribution in [-0.2, 0) is 14.0 Å². The molecule has 0 atom stereocenters. The van der Waals surface area contributed by atoms with Crippen LogP contribution in [0.3, 0.4) is 0 Å². The highest BCUT2D eigenvalue weighted by Crippen LogP contribution is 2.31. The van der Waals surface area contributed by atoms with Gasteiger partial charge in [0.15, 0.2) is 5.75 Å². The van der Waals surface area contributed by atoms with E-state index in [2.05, 4.69) is 0 Å². The Balaban J connectivity index is 3.03. The number of esters is 1. The molecule has 0 saturated carbocycles. The highest BCUT2D eigenvalue weighted by molar-refractivity contribution is 6.71. The van der Waals surface area contributed by atoms with Crippen LogP contribution >= 0.6 is 0 Å². The zero-order chi connectivity index (χ0) is 18.5. The summed E-state index contributed by atoms with van der Waals surface area (Å²) in [6.45, 7) is 13.3. The third-order valence-electron chi connectivity index (χ3n) is 2.46. The highest BCUT2D eigenvalue weighted by atomic mass is 28.4. The van der Waals surface area contributed by atoms with Crippen LogP contribution in [0.5, 0.6) is 11.5 Å². The van der Waals surface area contributed by atoms with Gasteiger partial charge in [0.05, 0.1) is 0 Å². The third kappa shape index (κ3) is 8.12. The maximum Gasteiger partial charge on any atom is 0.317 e. The van der Waals surface area contributed by atoms with E-state index in [1.54, 1.807) is 24.3 Å². The van der Waals surface area contributed by atoms with Gasteiger partial charge in [-0.25, -0.2) is 4.79 Å². The van der Waals surface area contributed by atoms with Crippen LogP contribution in [0.2, 0.25) is 39.3 Å². The number of hydrogen-bond acceptors (Lipinski definition) is 5. The third-order valence-corrected chi connectivity index (χ3v) is 4.10. The minimum absolute atomic E-state index is 0.356. The predicted octanol–water partition coefficient (Wildman–Crippen LogP) is 4.22. The summed E-state index contributed by atoms with van der Waals surface area (Å²) in [6, 6.07) is 5.18. The number of hydrogen-bond donors (Lipinski definition) is 0. The van der Waals surface area contributed by atoms with E-state index in [1.165, 1.54) is 13.0 Å². The Labute approximate surface area is 145 Å². The number of carbonyl (C=O) groups is 2. The van der Waals surface area contributed by atoms with Crippen molar-refractivity contribution in [1.82, 2.24) is 0 Å². The number of benzene rings is 1. The van der Waals surface area contributed by atoms with E-state index in [4.69, 9.17) is 13.6 Å². The van der Waals surface area contributed by atoms with E-state index in [9.17, 15) is 9.59 Å². The maximum atomic E-state index is 11.8. The lowest BCUT2D eigenvalue weighted by molar-refractivity contribution is -0.132. The van der Waals surface area contributed by atoms with E-state index < -0.39 is 22.6 Å². The monoisotopic (exact) mass is 366 g/mol. The second-order valence-electron chi connectivity index (χ2n) is 7.38. The molecule has 0 radical (unpaired) electrons. The Morgan fingerprint density at radius 1 is 0.958 bits per heavy atom. The highest BCUT2D eigenvalue weighted by Gasteiger charge is 2.20. The molecule has 1 aromatic rings. The molecule has 0 bridgehead atoms. The predicted molar refractivity (Wildman–Crippen MR) is 100 cm³/mol. The molecular weight excluding hydrogens is 340 g/mol. The lowest BCUT2D eigenvalue weighted by atomic mass is 10.2. The van der Waals surface area contributed by atoms with E-state index in [1.807, 2.05) is 39.3 Å². The first-order valence-electron chi connectivity index (χ1n) is 7.78. The first-order valence-corrected chi connectivity index (χ1v) is 14.6. The smallest absolute Gasteiger partial charge is 0.317 e. The summed E-state index contributed by atoms with van der Waals surface area (Å²) in [7, 11) is -3.79. The number of ether oxygens (including phenoxy) is 1. The molecule has 0 saturated heterocycles. The Morgan fingerprint density at radius 2 is 1.58 bits per heavy atom. The molecule has 0 N–H and O–H groups in total. The molecular formula is C17H26O5Si2. The van der Waals surface area contributed by atoms with Crippen molar-refractivity contribution in [2.45, 2.75) is 46.2 Å². The number of carbonyl (C=O) groups excluding carboxylic acids is 2. The average molecular weight is 367 g/mol. The Bertz CT molecular complexity index is 639. The second-order valence-corrected chi connectivity index (χ2v) is 16.2. The average Bonchev–Trinajstić information content (AvgIpc) is 2.34. The molecule has 132 valence electrons. The van der Waals surface area contributed by atoms with Gasteiger partial charge < -0.3 is 13.6 Å². The van der Waals surface area contributed by atoms with Gasteiger partial charge in [-0.2, -0.15) is 0 Å². The Kier molecular flexibility index (Phi) is 6.56. The fraction of sp³-hybridized carbons (Fsp3) is 0.412. The van der Waals surface area contributed by atoms with Gasteiger partial charge in [0.2, 0.25) is 16.6 Å². The summed E-state index contributed by atoms with van der Waals surface area (Å²) in [6.07, 6.45) is 3.06. The normalized spacial score (nSPS) is 12.1. The lowest BCUT2D eigenvalue weighted by Crippen LogP contribution is -2.29. The van der Waals surface area contributed by atoms with Crippen molar-refractivity contribution in [1.29, 1.82) is 0 Å². The fourth-order valence-electron chi connectivity index (χ4n) is 1.78. The van der Waals surface area contributed by atoms with Crippen LogP contribution in [-0.4, -0.2) is 28.6 Å². The van der Waals surface area contributed by atoms with Crippen LogP contribution in [0.25, 0.3) is 6.08 Å². The van der Waals surface area contributed by atoms with Crippen LogP contribution in [0.4, 0.5) is 0 Å². The van der Waals surface area contributed by atoms with Crippen LogP contribution in [0, 0.1) is 0 Å². The topological polar surface area (TPSA) is 61.8 Å². The van der Waals surface area contributed by atoms with Crippen molar-refractivity contribution < 1.29 is 23.2 Å². The van der Waals surface area contributed by atoms with Gasteiger partial charge in [0, 0.05) is 13.0 Å². The molecule has 0 aliphatic carbocycles. The van der Waals surface area contributed by atoms with Crippen LogP contribution in [0.15, 0.2) is 24.3 Å². The zero-order valence-electron chi connectivity index (χ0n) is 15.4. The van der Waals surface area contributed by atoms with Crippen molar-refractivity contribution in [3.05, 3.63) is 29.8 Å². The fourth-order valence-corrected chi connectivity index (χ4v) is 3.27. The Morgan fingerprint density at radius 3 is 2.08 bits per heavy atom. The molecule has 7 heteroatoms. The van der Waals surface area contributed by atoms with Gasteiger partial charge in [0.25, 0.3) is 0 Å². The molecule has 24 heavy (non-hydrogen) atoms. The molecule has 1 rings (SSSR count). The molecule has 0 fully saturated rings. The van der Waals surface area contributed by atoms with Crippen molar-refractivity contribution >= 4 is 34.6 Å². The summed E-state index contributed by atoms with van der Waals surface area (Å²) in [4.78, 5) is 23.0. The van der Waals surface area contributed by atoms with Gasteiger partial charge in [-0.15, -0.1) is 0 Å². The van der Waals surface area contributed by atoms with E-state index in [0.717, 1.165) is 5.56 Å². The van der Waals surface area contributed by atoms with Gasteiger partial charge >= 0.3 is 11.9 Å². The quantitative estimate of drug-likeness (QED) is 0.326. The van der Waals surface area contributed by atoms with Gasteiger partial charge in [-0.3, -0.25) is 4.79 Å². The van der Waals surface area contributed by atoms with E-state index >= 15 is 0 Å². The van der Waals surface area contributed by atoms with Gasteiger partial charge in [-0.05, 0) is 63.1 Å². The van der Waals surface area contributed by atoms with Crippen molar-refractivity contribution in [2.75, 3.05) is 0 Å². The molecule has 5 nitrogen and oxygen atoms in total. The lowest BCUT2D eigenvalue weighted by Gasteiger charge is -2.21. The molecule has 0 aromatic heterocycles. The SMILES string of the molecule is CC(=O)Oc1ccc(/C=C/C(=O)O[Si](C)(C)C)cc1O[Si](C)(C)C. The molecule has 0 aliphatic rings. The van der Waals surface area contributed by atoms with Crippen molar-refractivity contribution in [3.8, 4) is 11.5 Å². The van der Waals surface area contributed by atoms with Gasteiger partial charge in [0.1, 0.15) is 5.75 Å². The molecule has 0 aliphatic heterocycles. The summed E-state index contributed by atoms with van der Waals surface area (Å²) < 4.78 is 16.5. The Hall–Kier alpha value is -1.87. The largest absolute Gasteiger partial charge is 0.542 e. The summed E-state index contributed by atoms with van der Waals surface area (Å²) in [5, 5.41) is 0. The molecule has 0 amide bonds. The summed E-state index contributed by atoms with van der Waals surface area (Å²) >= 11 is 0.